The Balaban J connectivity index is 1.49. The molecule has 0 aliphatic carbocycles. The number of anilines is 2. The van der Waals surface area contributed by atoms with Crippen molar-refractivity contribution < 1.29 is 13.2 Å². The van der Waals surface area contributed by atoms with Crippen LogP contribution in [0.4, 0.5) is 11.4 Å². The molecular formula is C25H29N3O3S2. The number of thiophene rings is 1. The number of benzene rings is 2. The number of nitrogens with one attached hydrogen (secondary N) is 1. The lowest BCUT2D eigenvalue weighted by Crippen LogP contribution is -2.30. The van der Waals surface area contributed by atoms with E-state index in [2.05, 4.69) is 21.7 Å². The van der Waals surface area contributed by atoms with Crippen LogP contribution in [0.3, 0.4) is 0 Å². The fourth-order valence-corrected chi connectivity index (χ4v) is 6.52. The Bertz CT molecular complexity index is 1250. The van der Waals surface area contributed by atoms with Gasteiger partial charge in [-0.2, -0.15) is 4.31 Å². The van der Waals surface area contributed by atoms with Crippen LogP contribution in [0, 0.1) is 6.92 Å². The summed E-state index contributed by atoms with van der Waals surface area (Å²) in [6.45, 7) is 8.05. The molecule has 1 N–H and O–H groups in total. The van der Waals surface area contributed by atoms with Gasteiger partial charge in [-0.1, -0.05) is 19.9 Å². The van der Waals surface area contributed by atoms with Gasteiger partial charge in [-0.3, -0.25) is 4.79 Å². The van der Waals surface area contributed by atoms with Gasteiger partial charge in [0.15, 0.2) is 0 Å². The molecule has 1 amide bonds. The molecule has 33 heavy (non-hydrogen) atoms. The van der Waals surface area contributed by atoms with Crippen molar-refractivity contribution in [3.63, 3.8) is 0 Å². The first-order chi connectivity index (χ1) is 15.8. The zero-order valence-electron chi connectivity index (χ0n) is 19.2. The SMILES string of the molecule is CCN(CC)S(=O)(=O)c1ccc(C)c(C(=O)Nc2ccc(N3CCc4sccc4C3)cc2)c1. The van der Waals surface area contributed by atoms with Crippen LogP contribution in [0.25, 0.3) is 0 Å². The van der Waals surface area contributed by atoms with E-state index >= 15 is 0 Å². The van der Waals surface area contributed by atoms with Crippen molar-refractivity contribution in [3.05, 3.63) is 75.5 Å². The van der Waals surface area contributed by atoms with E-state index in [1.807, 2.05) is 35.6 Å². The lowest BCUT2D eigenvalue weighted by molar-refractivity contribution is 0.102. The van der Waals surface area contributed by atoms with E-state index in [1.165, 1.54) is 20.8 Å². The molecule has 3 aromatic rings. The van der Waals surface area contributed by atoms with Crippen molar-refractivity contribution in [2.75, 3.05) is 29.9 Å². The quantitative estimate of drug-likeness (QED) is 0.519. The number of hydrogen-bond donors (Lipinski definition) is 1. The van der Waals surface area contributed by atoms with Crippen molar-refractivity contribution in [1.29, 1.82) is 0 Å². The number of nitrogens with zero attached hydrogens (tertiary/aromatic N) is 2. The van der Waals surface area contributed by atoms with E-state index < -0.39 is 10.0 Å². The van der Waals surface area contributed by atoms with Crippen molar-refractivity contribution >= 4 is 38.6 Å². The number of rotatable bonds is 7. The van der Waals surface area contributed by atoms with Crippen molar-refractivity contribution in [3.8, 4) is 0 Å². The Hall–Kier alpha value is -2.68. The highest BCUT2D eigenvalue weighted by atomic mass is 32.2. The summed E-state index contributed by atoms with van der Waals surface area (Å²) in [4.78, 5) is 16.9. The minimum Gasteiger partial charge on any atom is -0.367 e. The summed E-state index contributed by atoms with van der Waals surface area (Å²) >= 11 is 1.82. The van der Waals surface area contributed by atoms with Crippen LogP contribution in [0.1, 0.15) is 40.2 Å². The lowest BCUT2D eigenvalue weighted by Gasteiger charge is -2.29. The van der Waals surface area contributed by atoms with E-state index in [-0.39, 0.29) is 10.8 Å². The third-order valence-electron chi connectivity index (χ3n) is 6.09. The second-order valence-corrected chi connectivity index (χ2v) is 11.0. The Kier molecular flexibility index (Phi) is 6.88. The predicted octanol–water partition coefficient (Wildman–Crippen LogP) is 4.90. The summed E-state index contributed by atoms with van der Waals surface area (Å²) in [5.41, 5.74) is 4.26. The molecule has 0 bridgehead atoms. The van der Waals surface area contributed by atoms with E-state index in [0.29, 0.717) is 24.3 Å². The molecule has 0 radical (unpaired) electrons. The van der Waals surface area contributed by atoms with Crippen LogP contribution in [0.5, 0.6) is 0 Å². The number of carbonyl (C=O) groups is 1. The number of hydrogen-bond acceptors (Lipinski definition) is 5. The van der Waals surface area contributed by atoms with Crippen LogP contribution in [-0.2, 0) is 23.0 Å². The molecule has 0 spiro atoms. The highest BCUT2D eigenvalue weighted by Gasteiger charge is 2.23. The monoisotopic (exact) mass is 483 g/mol. The highest BCUT2D eigenvalue weighted by molar-refractivity contribution is 7.89. The summed E-state index contributed by atoms with van der Waals surface area (Å²) < 4.78 is 27.1. The Labute approximate surface area is 199 Å². The van der Waals surface area contributed by atoms with Gasteiger partial charge in [-0.05, 0) is 72.3 Å². The Morgan fingerprint density at radius 3 is 2.52 bits per heavy atom. The highest BCUT2D eigenvalue weighted by Crippen LogP contribution is 2.29. The summed E-state index contributed by atoms with van der Waals surface area (Å²) in [6, 6.07) is 14.7. The van der Waals surface area contributed by atoms with Crippen LogP contribution >= 0.6 is 11.3 Å². The number of sulfonamides is 1. The molecule has 2 aromatic carbocycles. The lowest BCUT2D eigenvalue weighted by atomic mass is 10.1. The summed E-state index contributed by atoms with van der Waals surface area (Å²) in [5.74, 6) is -0.322. The topological polar surface area (TPSA) is 69.7 Å². The Morgan fingerprint density at radius 1 is 1.09 bits per heavy atom. The molecule has 1 aromatic heterocycles. The van der Waals surface area contributed by atoms with Gasteiger partial charge in [0.25, 0.3) is 5.91 Å². The van der Waals surface area contributed by atoms with Crippen LogP contribution < -0.4 is 10.2 Å². The number of aryl methyl sites for hydroxylation is 1. The van der Waals surface area contributed by atoms with E-state index in [1.54, 1.807) is 32.9 Å². The Morgan fingerprint density at radius 2 is 1.82 bits per heavy atom. The average Bonchev–Trinajstić information content (AvgIpc) is 3.28. The summed E-state index contributed by atoms with van der Waals surface area (Å²) in [6.07, 6.45) is 1.05. The molecule has 8 heteroatoms. The molecule has 0 atom stereocenters. The molecule has 6 nitrogen and oxygen atoms in total. The zero-order chi connectivity index (χ0) is 23.6. The fraction of sp³-hybridized carbons (Fsp3) is 0.320. The zero-order valence-corrected chi connectivity index (χ0v) is 20.8. The van der Waals surface area contributed by atoms with Gasteiger partial charge in [-0.15, -0.1) is 11.3 Å². The number of fused-ring (bicyclic) bond motifs is 1. The normalized spacial score (nSPS) is 13.8. The molecule has 0 unspecified atom stereocenters. The molecule has 2 heterocycles. The molecular weight excluding hydrogens is 454 g/mol. The number of amides is 1. The largest absolute Gasteiger partial charge is 0.367 e. The van der Waals surface area contributed by atoms with Crippen LogP contribution in [0.15, 0.2) is 58.8 Å². The number of carbonyl (C=O) groups excluding carboxylic acids is 1. The van der Waals surface area contributed by atoms with Crippen molar-refractivity contribution in [1.82, 2.24) is 4.31 Å². The first-order valence-electron chi connectivity index (χ1n) is 11.2. The minimum atomic E-state index is -3.63. The molecule has 0 fully saturated rings. The van der Waals surface area contributed by atoms with Gasteiger partial charge in [-0.25, -0.2) is 8.42 Å². The third-order valence-corrected chi connectivity index (χ3v) is 9.16. The van der Waals surface area contributed by atoms with Crippen molar-refractivity contribution in [2.45, 2.75) is 38.6 Å². The summed E-state index contributed by atoms with van der Waals surface area (Å²) in [5, 5.41) is 5.06. The first kappa shape index (κ1) is 23.5. The molecule has 0 saturated carbocycles. The van der Waals surface area contributed by atoms with E-state index in [9.17, 15) is 13.2 Å². The van der Waals surface area contributed by atoms with Crippen LogP contribution in [-0.4, -0.2) is 38.3 Å². The second-order valence-electron chi connectivity index (χ2n) is 8.11. The maximum Gasteiger partial charge on any atom is 0.255 e. The first-order valence-corrected chi connectivity index (χ1v) is 13.5. The maximum absolute atomic E-state index is 13.0. The third kappa shape index (κ3) is 4.83. The van der Waals surface area contributed by atoms with E-state index in [4.69, 9.17) is 0 Å². The van der Waals surface area contributed by atoms with Gasteiger partial charge < -0.3 is 10.2 Å². The second kappa shape index (κ2) is 9.67. The van der Waals surface area contributed by atoms with Gasteiger partial charge in [0.1, 0.15) is 0 Å². The molecule has 0 saturated heterocycles. The molecule has 174 valence electrons. The average molecular weight is 484 g/mol. The predicted molar refractivity (Wildman–Crippen MR) is 135 cm³/mol. The maximum atomic E-state index is 13.0. The van der Waals surface area contributed by atoms with Gasteiger partial charge in [0, 0.05) is 48.0 Å². The minimum absolute atomic E-state index is 0.134. The van der Waals surface area contributed by atoms with Gasteiger partial charge >= 0.3 is 0 Å². The van der Waals surface area contributed by atoms with Gasteiger partial charge in [0.05, 0.1) is 4.90 Å². The molecule has 1 aliphatic rings. The van der Waals surface area contributed by atoms with E-state index in [0.717, 1.165) is 30.8 Å². The summed E-state index contributed by atoms with van der Waals surface area (Å²) in [7, 11) is -3.63. The smallest absolute Gasteiger partial charge is 0.255 e. The van der Waals surface area contributed by atoms with Crippen LogP contribution in [0.2, 0.25) is 0 Å². The molecule has 4 rings (SSSR count). The van der Waals surface area contributed by atoms with Gasteiger partial charge in [0.2, 0.25) is 10.0 Å². The standard InChI is InChI=1S/C25H29N3O3S2/c1-4-28(5-2)33(30,31)22-11-6-18(3)23(16-22)25(29)26-20-7-9-21(10-8-20)27-14-12-24-19(17-27)13-15-32-24/h6-11,13,15-16H,4-5,12,14,17H2,1-3H3,(H,26,29). The van der Waals surface area contributed by atoms with Crippen molar-refractivity contribution in [2.24, 2.45) is 0 Å². The fourth-order valence-electron chi connectivity index (χ4n) is 4.14. The molecule has 1 aliphatic heterocycles.